The van der Waals surface area contributed by atoms with E-state index < -0.39 is 0 Å². The van der Waals surface area contributed by atoms with Crippen LogP contribution < -0.4 is 10.6 Å². The van der Waals surface area contributed by atoms with Gasteiger partial charge in [0.1, 0.15) is 0 Å². The van der Waals surface area contributed by atoms with Crippen molar-refractivity contribution in [2.24, 2.45) is 11.8 Å². The Labute approximate surface area is 88.8 Å². The first-order chi connectivity index (χ1) is 6.86. The van der Waals surface area contributed by atoms with Gasteiger partial charge in [-0.3, -0.25) is 0 Å². The average molecular weight is 198 g/mol. The topological polar surface area (TPSA) is 24.1 Å². The highest BCUT2D eigenvalue weighted by Gasteiger charge is 2.16. The van der Waals surface area contributed by atoms with Gasteiger partial charge in [-0.1, -0.05) is 33.1 Å². The van der Waals surface area contributed by atoms with Crippen LogP contribution in [0, 0.1) is 11.8 Å². The second kappa shape index (κ2) is 7.24. The van der Waals surface area contributed by atoms with Crippen LogP contribution in [0.4, 0.5) is 0 Å². The first-order valence-electron chi connectivity index (χ1n) is 6.28. The summed E-state index contributed by atoms with van der Waals surface area (Å²) >= 11 is 0. The van der Waals surface area contributed by atoms with Crippen molar-refractivity contribution in [3.63, 3.8) is 0 Å². The number of rotatable bonds is 8. The smallest absolute Gasteiger partial charge is 0.000394 e. The highest BCUT2D eigenvalue weighted by atomic mass is 15.0. The lowest BCUT2D eigenvalue weighted by Crippen LogP contribution is -2.47. The Morgan fingerprint density at radius 2 is 2.14 bits per heavy atom. The minimum absolute atomic E-state index is 0.902. The molecule has 1 unspecified atom stereocenters. The maximum Gasteiger partial charge on any atom is 0.000394 e. The Morgan fingerprint density at radius 3 is 2.64 bits per heavy atom. The summed E-state index contributed by atoms with van der Waals surface area (Å²) in [7, 11) is 0. The highest BCUT2D eigenvalue weighted by Crippen LogP contribution is 2.11. The molecule has 1 aliphatic heterocycles. The number of hydrogen-bond acceptors (Lipinski definition) is 2. The molecule has 1 rings (SSSR count). The molecule has 0 aromatic heterocycles. The van der Waals surface area contributed by atoms with Gasteiger partial charge in [-0.25, -0.2) is 0 Å². The standard InChI is InChI=1S/C12H26N2/c1-3-5-6-11(4-2)7-13-8-12-9-14-10-12/h11-14H,3-10H2,1-2H3. The Bertz CT molecular complexity index is 132. The lowest BCUT2D eigenvalue weighted by Gasteiger charge is -2.28. The summed E-state index contributed by atoms with van der Waals surface area (Å²) < 4.78 is 0. The zero-order chi connectivity index (χ0) is 10.2. The fraction of sp³-hybridized carbons (Fsp3) is 1.00. The molecule has 0 bridgehead atoms. The third kappa shape index (κ3) is 4.43. The Balaban J connectivity index is 1.95. The van der Waals surface area contributed by atoms with Crippen LogP contribution in [0.1, 0.15) is 39.5 Å². The van der Waals surface area contributed by atoms with Crippen LogP contribution in [0.25, 0.3) is 0 Å². The van der Waals surface area contributed by atoms with Crippen LogP contribution in [-0.4, -0.2) is 26.2 Å². The zero-order valence-corrected chi connectivity index (χ0v) is 9.81. The predicted octanol–water partition coefficient (Wildman–Crippen LogP) is 2.01. The molecule has 0 amide bonds. The van der Waals surface area contributed by atoms with Crippen molar-refractivity contribution in [3.8, 4) is 0 Å². The molecule has 2 nitrogen and oxygen atoms in total. The quantitative estimate of drug-likeness (QED) is 0.623. The van der Waals surface area contributed by atoms with Gasteiger partial charge in [0, 0.05) is 19.6 Å². The van der Waals surface area contributed by atoms with Gasteiger partial charge in [-0.05, 0) is 24.8 Å². The molecule has 14 heavy (non-hydrogen) atoms. The second-order valence-electron chi connectivity index (χ2n) is 4.60. The Morgan fingerprint density at radius 1 is 1.36 bits per heavy atom. The van der Waals surface area contributed by atoms with Crippen LogP contribution in [0.3, 0.4) is 0 Å². The summed E-state index contributed by atoms with van der Waals surface area (Å²) in [5.74, 6) is 1.81. The lowest BCUT2D eigenvalue weighted by molar-refractivity contribution is 0.315. The molecular formula is C12H26N2. The minimum Gasteiger partial charge on any atom is -0.316 e. The number of nitrogens with one attached hydrogen (secondary N) is 2. The van der Waals surface area contributed by atoms with Crippen LogP contribution >= 0.6 is 0 Å². The predicted molar refractivity (Wildman–Crippen MR) is 62.5 cm³/mol. The summed E-state index contributed by atoms with van der Waals surface area (Å²) in [6.07, 6.45) is 5.47. The molecule has 0 aromatic rings. The molecule has 0 saturated carbocycles. The molecule has 1 saturated heterocycles. The van der Waals surface area contributed by atoms with E-state index >= 15 is 0 Å². The summed E-state index contributed by atoms with van der Waals surface area (Å²) in [5.41, 5.74) is 0. The molecule has 1 fully saturated rings. The van der Waals surface area contributed by atoms with E-state index in [9.17, 15) is 0 Å². The lowest BCUT2D eigenvalue weighted by atomic mass is 9.98. The van der Waals surface area contributed by atoms with Gasteiger partial charge in [-0.15, -0.1) is 0 Å². The fourth-order valence-corrected chi connectivity index (χ4v) is 1.93. The van der Waals surface area contributed by atoms with Crippen LogP contribution in [0.15, 0.2) is 0 Å². The van der Waals surface area contributed by atoms with E-state index in [0.717, 1.165) is 11.8 Å². The van der Waals surface area contributed by atoms with Crippen LogP contribution in [0.2, 0.25) is 0 Å². The first kappa shape index (κ1) is 12.0. The monoisotopic (exact) mass is 198 g/mol. The maximum absolute atomic E-state index is 3.61. The van der Waals surface area contributed by atoms with E-state index in [1.54, 1.807) is 0 Å². The molecule has 1 atom stereocenters. The van der Waals surface area contributed by atoms with Crippen molar-refractivity contribution < 1.29 is 0 Å². The maximum atomic E-state index is 3.61. The molecule has 1 aliphatic rings. The molecule has 2 heteroatoms. The van der Waals surface area contributed by atoms with Crippen LogP contribution in [-0.2, 0) is 0 Å². The van der Waals surface area contributed by atoms with E-state index in [1.807, 2.05) is 0 Å². The van der Waals surface area contributed by atoms with Gasteiger partial charge in [0.2, 0.25) is 0 Å². The van der Waals surface area contributed by atoms with E-state index in [-0.39, 0.29) is 0 Å². The molecule has 0 aromatic carbocycles. The Hall–Kier alpha value is -0.0800. The molecule has 0 spiro atoms. The first-order valence-corrected chi connectivity index (χ1v) is 6.28. The van der Waals surface area contributed by atoms with E-state index in [2.05, 4.69) is 24.5 Å². The van der Waals surface area contributed by atoms with Crippen molar-refractivity contribution in [3.05, 3.63) is 0 Å². The van der Waals surface area contributed by atoms with Gasteiger partial charge in [-0.2, -0.15) is 0 Å². The van der Waals surface area contributed by atoms with Crippen molar-refractivity contribution in [2.75, 3.05) is 26.2 Å². The SMILES string of the molecule is CCCCC(CC)CNCC1CNC1. The summed E-state index contributed by atoms with van der Waals surface area (Å²) in [5, 5.41) is 6.91. The second-order valence-corrected chi connectivity index (χ2v) is 4.60. The average Bonchev–Trinajstić information content (AvgIpc) is 2.14. The normalized spacial score (nSPS) is 19.3. The third-order valence-corrected chi connectivity index (χ3v) is 3.28. The molecule has 0 radical (unpaired) electrons. The van der Waals surface area contributed by atoms with Gasteiger partial charge < -0.3 is 10.6 Å². The number of unbranched alkanes of at least 4 members (excludes halogenated alkanes) is 1. The van der Waals surface area contributed by atoms with Gasteiger partial charge in [0.05, 0.1) is 0 Å². The fourth-order valence-electron chi connectivity index (χ4n) is 1.93. The largest absolute Gasteiger partial charge is 0.316 e. The van der Waals surface area contributed by atoms with Crippen molar-refractivity contribution in [2.45, 2.75) is 39.5 Å². The number of hydrogen-bond donors (Lipinski definition) is 2. The Kier molecular flexibility index (Phi) is 6.20. The van der Waals surface area contributed by atoms with Gasteiger partial charge in [0.15, 0.2) is 0 Å². The molecule has 1 heterocycles. The highest BCUT2D eigenvalue weighted by molar-refractivity contribution is 4.76. The van der Waals surface area contributed by atoms with E-state index in [4.69, 9.17) is 0 Å². The molecule has 2 N–H and O–H groups in total. The van der Waals surface area contributed by atoms with Crippen molar-refractivity contribution in [1.82, 2.24) is 10.6 Å². The van der Waals surface area contributed by atoms with E-state index in [1.165, 1.54) is 51.9 Å². The van der Waals surface area contributed by atoms with Gasteiger partial charge in [0.25, 0.3) is 0 Å². The van der Waals surface area contributed by atoms with Crippen LogP contribution in [0.5, 0.6) is 0 Å². The minimum atomic E-state index is 0.902. The summed E-state index contributed by atoms with van der Waals surface area (Å²) in [6, 6.07) is 0. The molecular weight excluding hydrogens is 172 g/mol. The molecule has 0 aliphatic carbocycles. The molecule has 84 valence electrons. The van der Waals surface area contributed by atoms with Gasteiger partial charge >= 0.3 is 0 Å². The summed E-state index contributed by atoms with van der Waals surface area (Å²) in [4.78, 5) is 0. The van der Waals surface area contributed by atoms with Crippen molar-refractivity contribution in [1.29, 1.82) is 0 Å². The van der Waals surface area contributed by atoms with Crippen molar-refractivity contribution >= 4 is 0 Å². The summed E-state index contributed by atoms with van der Waals surface area (Å²) in [6.45, 7) is 9.48. The van der Waals surface area contributed by atoms with E-state index in [0.29, 0.717) is 0 Å². The third-order valence-electron chi connectivity index (χ3n) is 3.28. The zero-order valence-electron chi connectivity index (χ0n) is 9.81.